The molecule has 0 saturated carbocycles. The van der Waals surface area contributed by atoms with E-state index in [0.29, 0.717) is 11.1 Å². The van der Waals surface area contributed by atoms with E-state index in [9.17, 15) is 4.79 Å². The van der Waals surface area contributed by atoms with E-state index in [4.69, 9.17) is 0 Å². The first-order valence-electron chi connectivity index (χ1n) is 7.91. The summed E-state index contributed by atoms with van der Waals surface area (Å²) in [7, 11) is 7.70. The van der Waals surface area contributed by atoms with Crippen LogP contribution in [-0.4, -0.2) is 43.8 Å². The van der Waals surface area contributed by atoms with E-state index in [0.717, 1.165) is 11.1 Å². The van der Waals surface area contributed by atoms with E-state index < -0.39 is 0 Å². The van der Waals surface area contributed by atoms with Gasteiger partial charge in [0.2, 0.25) is 0 Å². The van der Waals surface area contributed by atoms with Gasteiger partial charge in [-0.3, -0.25) is 4.79 Å². The van der Waals surface area contributed by atoms with Crippen molar-refractivity contribution >= 4 is 16.9 Å². The highest BCUT2D eigenvalue weighted by Crippen LogP contribution is 2.25. The number of ketones is 1. The number of rotatable bonds is 6. The maximum atomic E-state index is 13.3. The number of allylic oxidation sites excluding steroid dienone is 2. The van der Waals surface area contributed by atoms with Gasteiger partial charge in [0, 0.05) is 51.7 Å². The first-order valence-corrected chi connectivity index (χ1v) is 7.91. The van der Waals surface area contributed by atoms with Crippen LogP contribution in [0.3, 0.4) is 0 Å². The van der Waals surface area contributed by atoms with Crippen molar-refractivity contribution in [3.05, 3.63) is 84.2 Å². The standard InChI is InChI=1S/C21H24N2O/c1-22(2)15-19(17-11-7-5-8-12-17)21(24)20(16-23(3)4)18-13-9-6-10-14-18/h5-16H,1-4H3. The van der Waals surface area contributed by atoms with Gasteiger partial charge in [0.1, 0.15) is 0 Å². The molecule has 0 amide bonds. The second kappa shape index (κ2) is 8.16. The Hall–Kier alpha value is -2.81. The molecule has 0 bridgehead atoms. The van der Waals surface area contributed by atoms with Crippen molar-refractivity contribution in [1.29, 1.82) is 0 Å². The van der Waals surface area contributed by atoms with Gasteiger partial charge in [-0.25, -0.2) is 0 Å². The third-order valence-electron chi connectivity index (χ3n) is 3.43. The van der Waals surface area contributed by atoms with Gasteiger partial charge in [0.25, 0.3) is 0 Å². The first kappa shape index (κ1) is 17.5. The number of carbonyl (C=O) groups is 1. The van der Waals surface area contributed by atoms with Crippen molar-refractivity contribution in [2.24, 2.45) is 0 Å². The van der Waals surface area contributed by atoms with Gasteiger partial charge in [-0.1, -0.05) is 60.7 Å². The number of carbonyl (C=O) groups excluding carboxylic acids is 1. The predicted octanol–water partition coefficient (Wildman–Crippen LogP) is 3.76. The molecular weight excluding hydrogens is 296 g/mol. The number of nitrogens with zero attached hydrogens (tertiary/aromatic N) is 2. The maximum absolute atomic E-state index is 13.3. The monoisotopic (exact) mass is 320 g/mol. The Morgan fingerprint density at radius 1 is 0.667 bits per heavy atom. The van der Waals surface area contributed by atoms with Crippen LogP contribution in [0.15, 0.2) is 73.1 Å². The fourth-order valence-corrected chi connectivity index (χ4v) is 2.43. The molecule has 2 rings (SSSR count). The summed E-state index contributed by atoms with van der Waals surface area (Å²) in [5, 5.41) is 0. The van der Waals surface area contributed by atoms with Gasteiger partial charge in [0.15, 0.2) is 5.78 Å². The normalized spacial score (nSPS) is 12.0. The lowest BCUT2D eigenvalue weighted by Crippen LogP contribution is -2.13. The maximum Gasteiger partial charge on any atom is 0.197 e. The molecule has 2 aromatic carbocycles. The average Bonchev–Trinajstić information content (AvgIpc) is 2.58. The van der Waals surface area contributed by atoms with Crippen LogP contribution in [0.1, 0.15) is 11.1 Å². The minimum atomic E-state index is 0.00907. The third kappa shape index (κ3) is 4.59. The molecule has 0 radical (unpaired) electrons. The Labute approximate surface area is 144 Å². The second-order valence-corrected chi connectivity index (χ2v) is 6.07. The molecule has 0 N–H and O–H groups in total. The molecule has 0 aliphatic rings. The predicted molar refractivity (Wildman–Crippen MR) is 101 cm³/mol. The summed E-state index contributed by atoms with van der Waals surface area (Å²) < 4.78 is 0. The molecule has 0 saturated heterocycles. The summed E-state index contributed by atoms with van der Waals surface area (Å²) in [5.41, 5.74) is 3.18. The van der Waals surface area contributed by atoms with E-state index in [1.807, 2.05) is 111 Å². The van der Waals surface area contributed by atoms with E-state index in [2.05, 4.69) is 0 Å². The molecule has 0 heterocycles. The fraction of sp³-hybridized carbons (Fsp3) is 0.190. The van der Waals surface area contributed by atoms with Crippen LogP contribution in [0.2, 0.25) is 0 Å². The van der Waals surface area contributed by atoms with Gasteiger partial charge < -0.3 is 9.80 Å². The lowest BCUT2D eigenvalue weighted by Gasteiger charge is -2.16. The molecule has 3 nitrogen and oxygen atoms in total. The van der Waals surface area contributed by atoms with Crippen molar-refractivity contribution in [3.8, 4) is 0 Å². The molecule has 0 aromatic heterocycles. The Morgan fingerprint density at radius 3 is 1.29 bits per heavy atom. The number of Topliss-reactive ketones (excluding diaryl/α,β-unsaturated/α-hetero) is 1. The average molecular weight is 320 g/mol. The molecule has 0 fully saturated rings. The highest BCUT2D eigenvalue weighted by Gasteiger charge is 2.19. The van der Waals surface area contributed by atoms with Crippen LogP contribution >= 0.6 is 0 Å². The molecule has 124 valence electrons. The van der Waals surface area contributed by atoms with E-state index in [1.165, 1.54) is 0 Å². The molecule has 0 aliphatic carbocycles. The van der Waals surface area contributed by atoms with Crippen LogP contribution in [0, 0.1) is 0 Å². The minimum Gasteiger partial charge on any atom is -0.383 e. The zero-order valence-electron chi connectivity index (χ0n) is 14.7. The molecule has 24 heavy (non-hydrogen) atoms. The van der Waals surface area contributed by atoms with E-state index >= 15 is 0 Å². The van der Waals surface area contributed by atoms with Crippen molar-refractivity contribution in [1.82, 2.24) is 9.80 Å². The number of benzene rings is 2. The summed E-state index contributed by atoms with van der Waals surface area (Å²) in [6.07, 6.45) is 3.76. The SMILES string of the molecule is CN(C)C=C(C(=O)C(=CN(C)C)c1ccccc1)c1ccccc1. The Bertz CT molecular complexity index is 665. The summed E-state index contributed by atoms with van der Waals surface area (Å²) >= 11 is 0. The Kier molecular flexibility index (Phi) is 5.96. The fourth-order valence-electron chi connectivity index (χ4n) is 2.43. The molecule has 0 aliphatic heterocycles. The highest BCUT2D eigenvalue weighted by atomic mass is 16.1. The quantitative estimate of drug-likeness (QED) is 0.757. The van der Waals surface area contributed by atoms with Gasteiger partial charge in [-0.15, -0.1) is 0 Å². The zero-order chi connectivity index (χ0) is 17.5. The van der Waals surface area contributed by atoms with E-state index in [-0.39, 0.29) is 5.78 Å². The van der Waals surface area contributed by atoms with Crippen LogP contribution < -0.4 is 0 Å². The van der Waals surface area contributed by atoms with Crippen molar-refractivity contribution < 1.29 is 4.79 Å². The van der Waals surface area contributed by atoms with E-state index in [1.54, 1.807) is 0 Å². The van der Waals surface area contributed by atoms with Gasteiger partial charge >= 0.3 is 0 Å². The summed E-state index contributed by atoms with van der Waals surface area (Å²) in [4.78, 5) is 17.1. The zero-order valence-corrected chi connectivity index (χ0v) is 14.7. The Balaban J connectivity index is 2.54. The third-order valence-corrected chi connectivity index (χ3v) is 3.43. The number of hydrogen-bond donors (Lipinski definition) is 0. The molecule has 2 aromatic rings. The molecule has 0 spiro atoms. The lowest BCUT2D eigenvalue weighted by atomic mass is 9.93. The summed E-state index contributed by atoms with van der Waals surface area (Å²) in [5.74, 6) is 0.00907. The largest absolute Gasteiger partial charge is 0.383 e. The molecule has 0 atom stereocenters. The van der Waals surface area contributed by atoms with Crippen molar-refractivity contribution in [3.63, 3.8) is 0 Å². The van der Waals surface area contributed by atoms with Gasteiger partial charge in [-0.2, -0.15) is 0 Å². The summed E-state index contributed by atoms with van der Waals surface area (Å²) in [6.45, 7) is 0. The first-order chi connectivity index (χ1) is 11.5. The topological polar surface area (TPSA) is 23.6 Å². The van der Waals surface area contributed by atoms with Crippen molar-refractivity contribution in [2.75, 3.05) is 28.2 Å². The van der Waals surface area contributed by atoms with Crippen LogP contribution in [0.25, 0.3) is 11.1 Å². The van der Waals surface area contributed by atoms with Gasteiger partial charge in [0.05, 0.1) is 0 Å². The number of hydrogen-bond acceptors (Lipinski definition) is 3. The van der Waals surface area contributed by atoms with Crippen LogP contribution in [0.4, 0.5) is 0 Å². The van der Waals surface area contributed by atoms with Crippen LogP contribution in [-0.2, 0) is 4.79 Å². The minimum absolute atomic E-state index is 0.00907. The lowest BCUT2D eigenvalue weighted by molar-refractivity contribution is -0.108. The smallest absolute Gasteiger partial charge is 0.197 e. The molecular formula is C21H24N2O. The second-order valence-electron chi connectivity index (χ2n) is 6.07. The molecule has 0 unspecified atom stereocenters. The molecule has 3 heteroatoms. The summed E-state index contributed by atoms with van der Waals surface area (Å²) in [6, 6.07) is 19.6. The highest BCUT2D eigenvalue weighted by molar-refractivity contribution is 6.42. The van der Waals surface area contributed by atoms with Crippen molar-refractivity contribution in [2.45, 2.75) is 0 Å². The van der Waals surface area contributed by atoms with Gasteiger partial charge in [-0.05, 0) is 11.1 Å². The van der Waals surface area contributed by atoms with Crippen LogP contribution in [0.5, 0.6) is 0 Å². The Morgan fingerprint density at radius 2 is 1.00 bits per heavy atom.